The van der Waals surface area contributed by atoms with Gasteiger partial charge in [0, 0.05) is 28.4 Å². The Morgan fingerprint density at radius 3 is 1.25 bits per heavy atom. The fraction of sp³-hybridized carbons (Fsp3) is 0.769. The number of thiophene rings is 2. The maximum Gasteiger partial charge on any atom is 0.0610 e. The largest absolute Gasteiger partial charge is 0.137 e. The first-order valence-corrected chi connectivity index (χ1v) is 17.8. The molecule has 0 bridgehead atoms. The molecule has 0 radical (unpaired) electrons. The van der Waals surface area contributed by atoms with E-state index in [1.807, 2.05) is 0 Å². The molecule has 4 atom stereocenters. The quantitative estimate of drug-likeness (QED) is 0.270. The lowest BCUT2D eigenvalue weighted by Gasteiger charge is -2.22. The van der Waals surface area contributed by atoms with Crippen molar-refractivity contribution in [3.8, 4) is 0 Å². The highest BCUT2D eigenvalue weighted by atomic mass is 79.9. The molecule has 32 heavy (non-hydrogen) atoms. The third kappa shape index (κ3) is 6.87. The molecule has 2 fully saturated rings. The molecule has 4 unspecified atom stereocenters. The van der Waals surface area contributed by atoms with Crippen molar-refractivity contribution in [2.75, 3.05) is 0 Å². The summed E-state index contributed by atoms with van der Waals surface area (Å²) in [6.45, 7) is 0. The lowest BCUT2D eigenvalue weighted by atomic mass is 9.91. The zero-order valence-corrected chi connectivity index (χ0v) is 26.9. The Morgan fingerprint density at radius 2 is 0.844 bits per heavy atom. The van der Waals surface area contributed by atoms with Gasteiger partial charge in [-0.25, -0.2) is 0 Å². The summed E-state index contributed by atoms with van der Waals surface area (Å²) in [5.41, 5.74) is 0. The van der Waals surface area contributed by atoms with Gasteiger partial charge in [0.1, 0.15) is 0 Å². The molecule has 0 N–H and O–H groups in total. The van der Waals surface area contributed by atoms with Crippen molar-refractivity contribution in [2.45, 2.75) is 124 Å². The highest BCUT2D eigenvalue weighted by molar-refractivity contribution is 9.11. The van der Waals surface area contributed by atoms with Crippen LogP contribution in [0.5, 0.6) is 0 Å². The second-order valence-corrected chi connectivity index (χ2v) is 16.2. The zero-order chi connectivity index (χ0) is 22.5. The SMILES string of the molecule is Brc1c(C2CCCCCCCC(Br)C2)sc2c(Br)c(C3CCCCCCCC(Br)C3)sc12. The lowest BCUT2D eigenvalue weighted by Crippen LogP contribution is -2.09. The van der Waals surface area contributed by atoms with Crippen LogP contribution in [0.4, 0.5) is 0 Å². The topological polar surface area (TPSA) is 0 Å². The molecule has 180 valence electrons. The predicted molar refractivity (Wildman–Crippen MR) is 160 cm³/mol. The van der Waals surface area contributed by atoms with Crippen molar-refractivity contribution in [1.82, 2.24) is 0 Å². The highest BCUT2D eigenvalue weighted by Gasteiger charge is 2.28. The summed E-state index contributed by atoms with van der Waals surface area (Å²) < 4.78 is 5.81. The molecule has 0 aliphatic heterocycles. The van der Waals surface area contributed by atoms with Crippen LogP contribution in [0, 0.1) is 0 Å². The number of alkyl halides is 2. The Balaban J connectivity index is 1.59. The maximum absolute atomic E-state index is 4.10. The van der Waals surface area contributed by atoms with Crippen molar-refractivity contribution in [3.63, 3.8) is 0 Å². The normalized spacial score (nSPS) is 29.8. The summed E-state index contributed by atoms with van der Waals surface area (Å²) in [6.07, 6.45) is 21.9. The van der Waals surface area contributed by atoms with Gasteiger partial charge in [-0.2, -0.15) is 0 Å². The lowest BCUT2D eigenvalue weighted by molar-refractivity contribution is 0.475. The molecule has 0 saturated heterocycles. The van der Waals surface area contributed by atoms with Crippen molar-refractivity contribution >= 4 is 95.8 Å². The average molecular weight is 732 g/mol. The van der Waals surface area contributed by atoms with Crippen molar-refractivity contribution in [1.29, 1.82) is 0 Å². The first kappa shape index (κ1) is 26.6. The van der Waals surface area contributed by atoms with Gasteiger partial charge in [0.2, 0.25) is 0 Å². The molecule has 2 aliphatic carbocycles. The number of halogens is 4. The molecule has 2 saturated carbocycles. The van der Waals surface area contributed by atoms with Crippen molar-refractivity contribution in [3.05, 3.63) is 18.7 Å². The van der Waals surface area contributed by atoms with Crippen molar-refractivity contribution < 1.29 is 0 Å². The van der Waals surface area contributed by atoms with E-state index in [1.54, 1.807) is 9.75 Å². The molecule has 2 aliphatic rings. The summed E-state index contributed by atoms with van der Waals surface area (Å²) in [4.78, 5) is 4.53. The Labute approximate surface area is 236 Å². The highest BCUT2D eigenvalue weighted by Crippen LogP contribution is 2.53. The Morgan fingerprint density at radius 1 is 0.500 bits per heavy atom. The minimum absolute atomic E-state index is 0.662. The van der Waals surface area contributed by atoms with Crippen LogP contribution in [-0.2, 0) is 0 Å². The van der Waals surface area contributed by atoms with Gasteiger partial charge in [0.25, 0.3) is 0 Å². The van der Waals surface area contributed by atoms with Crippen LogP contribution in [0.3, 0.4) is 0 Å². The predicted octanol–water partition coefficient (Wildman–Crippen LogP) is 12.5. The minimum Gasteiger partial charge on any atom is -0.137 e. The van der Waals surface area contributed by atoms with Crippen LogP contribution in [0.25, 0.3) is 9.40 Å². The Hall–Kier alpha value is 1.58. The second kappa shape index (κ2) is 13.2. The molecule has 0 aromatic carbocycles. The third-order valence-corrected chi connectivity index (χ3v) is 14.7. The van der Waals surface area contributed by atoms with Gasteiger partial charge in [-0.15, -0.1) is 22.7 Å². The maximum atomic E-state index is 4.10. The van der Waals surface area contributed by atoms with Gasteiger partial charge in [0.15, 0.2) is 0 Å². The summed E-state index contributed by atoms with van der Waals surface area (Å²) in [6, 6.07) is 0. The van der Waals surface area contributed by atoms with E-state index >= 15 is 0 Å². The van der Waals surface area contributed by atoms with Crippen LogP contribution in [0.15, 0.2) is 8.95 Å². The van der Waals surface area contributed by atoms with Crippen LogP contribution in [0.2, 0.25) is 0 Å². The molecular weight excluding hydrogens is 696 g/mol. The summed E-state index contributed by atoms with van der Waals surface area (Å²) >= 11 is 20.4. The molecule has 0 amide bonds. The fourth-order valence-corrected chi connectivity index (χ4v) is 12.2. The van der Waals surface area contributed by atoms with Gasteiger partial charge in [0.05, 0.1) is 9.40 Å². The monoisotopic (exact) mass is 728 g/mol. The van der Waals surface area contributed by atoms with E-state index < -0.39 is 0 Å². The minimum atomic E-state index is 0.662. The van der Waals surface area contributed by atoms with E-state index in [4.69, 9.17) is 0 Å². The summed E-state index contributed by atoms with van der Waals surface area (Å²) in [5, 5.41) is 0. The fourth-order valence-electron chi connectivity index (χ4n) is 5.58. The Bertz CT molecular complexity index is 788. The molecule has 0 nitrogen and oxygen atoms in total. The molecule has 2 aromatic rings. The van der Waals surface area contributed by atoms with Crippen LogP contribution in [0.1, 0.15) is 124 Å². The van der Waals surface area contributed by atoms with Crippen LogP contribution < -0.4 is 0 Å². The van der Waals surface area contributed by atoms with Gasteiger partial charge < -0.3 is 0 Å². The number of hydrogen-bond donors (Lipinski definition) is 0. The summed E-state index contributed by atoms with van der Waals surface area (Å²) in [5.74, 6) is 1.37. The first-order chi connectivity index (χ1) is 15.5. The van der Waals surface area contributed by atoms with Gasteiger partial charge in [-0.1, -0.05) is 96.1 Å². The van der Waals surface area contributed by atoms with E-state index in [2.05, 4.69) is 86.4 Å². The smallest absolute Gasteiger partial charge is 0.0610 e. The standard InChI is InChI=1S/C26H36Br4S2/c27-19-13-9-5-1-3-7-11-17(15-19)23-21(29)25-26(31-23)22(30)24(32-25)18-12-8-4-2-6-10-14-20(28)16-18/h17-20H,1-16H2. The van der Waals surface area contributed by atoms with E-state index in [0.29, 0.717) is 21.5 Å². The number of hydrogen-bond acceptors (Lipinski definition) is 2. The van der Waals surface area contributed by atoms with Crippen molar-refractivity contribution in [2.24, 2.45) is 0 Å². The second-order valence-electron chi connectivity index (χ2n) is 9.97. The van der Waals surface area contributed by atoms with Crippen LogP contribution >= 0.6 is 86.4 Å². The van der Waals surface area contributed by atoms with Gasteiger partial charge >= 0.3 is 0 Å². The molecule has 0 spiro atoms. The molecule has 4 rings (SSSR count). The molecule has 2 aromatic heterocycles. The zero-order valence-electron chi connectivity index (χ0n) is 19.0. The van der Waals surface area contributed by atoms with E-state index in [1.165, 1.54) is 121 Å². The Kier molecular flexibility index (Phi) is 11.0. The first-order valence-electron chi connectivity index (χ1n) is 12.7. The summed E-state index contributed by atoms with van der Waals surface area (Å²) in [7, 11) is 0. The third-order valence-electron chi connectivity index (χ3n) is 7.42. The van der Waals surface area contributed by atoms with Gasteiger partial charge in [-0.3, -0.25) is 0 Å². The number of fused-ring (bicyclic) bond motifs is 1. The molecule has 2 heterocycles. The van der Waals surface area contributed by atoms with E-state index in [0.717, 1.165) is 0 Å². The molecular formula is C26H36Br4S2. The molecule has 6 heteroatoms. The number of rotatable bonds is 2. The van der Waals surface area contributed by atoms with E-state index in [9.17, 15) is 0 Å². The van der Waals surface area contributed by atoms with Crippen LogP contribution in [-0.4, -0.2) is 9.65 Å². The van der Waals surface area contributed by atoms with Gasteiger partial charge in [-0.05, 0) is 82.2 Å². The average Bonchev–Trinajstić information content (AvgIpc) is 3.27. The van der Waals surface area contributed by atoms with E-state index in [-0.39, 0.29) is 0 Å².